The Balaban J connectivity index is 1.94. The second kappa shape index (κ2) is 4.89. The Morgan fingerprint density at radius 1 is 1.39 bits per heavy atom. The van der Waals surface area contributed by atoms with Gasteiger partial charge in [-0.1, -0.05) is 5.92 Å². The van der Waals surface area contributed by atoms with E-state index in [0.717, 1.165) is 23.1 Å². The van der Waals surface area contributed by atoms with Gasteiger partial charge in [0.1, 0.15) is 11.6 Å². The molecule has 2 fully saturated rings. The number of anilines is 1. The van der Waals surface area contributed by atoms with Gasteiger partial charge >= 0.3 is 0 Å². The van der Waals surface area contributed by atoms with Crippen molar-refractivity contribution in [1.82, 2.24) is 9.55 Å². The van der Waals surface area contributed by atoms with E-state index in [1.807, 2.05) is 11.8 Å². The van der Waals surface area contributed by atoms with E-state index in [9.17, 15) is 0 Å². The minimum atomic E-state index is 0.528. The summed E-state index contributed by atoms with van der Waals surface area (Å²) in [6, 6.07) is 0. The second-order valence-corrected chi connectivity index (χ2v) is 6.37. The normalized spacial score (nSPS) is 23.8. The van der Waals surface area contributed by atoms with Crippen molar-refractivity contribution >= 4 is 17.6 Å². The van der Waals surface area contributed by atoms with Crippen LogP contribution in [0.15, 0.2) is 0 Å². The van der Waals surface area contributed by atoms with Crippen molar-refractivity contribution in [1.29, 1.82) is 0 Å². The Hall–Kier alpha value is -1.08. The molecule has 0 aromatic carbocycles. The Morgan fingerprint density at radius 2 is 2.22 bits per heavy atom. The number of rotatable bonds is 3. The lowest BCUT2D eigenvalue weighted by molar-refractivity contribution is 0.646. The quantitative estimate of drug-likeness (QED) is 0.851. The maximum absolute atomic E-state index is 6.28. The van der Waals surface area contributed by atoms with Gasteiger partial charge in [0.2, 0.25) is 0 Å². The monoisotopic (exact) mass is 261 g/mol. The minimum absolute atomic E-state index is 0.528. The molecule has 1 saturated carbocycles. The lowest BCUT2D eigenvalue weighted by Crippen LogP contribution is -2.12. The second-order valence-electron chi connectivity index (χ2n) is 5.22. The predicted molar refractivity (Wildman–Crippen MR) is 76.7 cm³/mol. The molecule has 4 heteroatoms. The van der Waals surface area contributed by atoms with E-state index in [0.29, 0.717) is 18.4 Å². The van der Waals surface area contributed by atoms with Crippen LogP contribution in [0.1, 0.15) is 49.0 Å². The molecule has 0 spiro atoms. The minimum Gasteiger partial charge on any atom is -0.384 e. The third-order valence-electron chi connectivity index (χ3n) is 3.80. The van der Waals surface area contributed by atoms with Gasteiger partial charge in [-0.2, -0.15) is 11.8 Å². The van der Waals surface area contributed by atoms with Crippen LogP contribution in [0, 0.1) is 12.3 Å². The fraction of sp³-hybridized carbons (Fsp3) is 0.643. The number of nitrogen functional groups attached to an aromatic ring is 1. The highest BCUT2D eigenvalue weighted by Crippen LogP contribution is 2.42. The largest absolute Gasteiger partial charge is 0.384 e. The van der Waals surface area contributed by atoms with Crippen LogP contribution in [0.4, 0.5) is 5.82 Å². The molecule has 0 amide bonds. The average Bonchev–Trinajstić information content (AvgIpc) is 3.19. The van der Waals surface area contributed by atoms with E-state index in [4.69, 9.17) is 17.1 Å². The van der Waals surface area contributed by atoms with Gasteiger partial charge in [-0.25, -0.2) is 4.98 Å². The van der Waals surface area contributed by atoms with Crippen molar-refractivity contribution in [3.63, 3.8) is 0 Å². The molecule has 1 atom stereocenters. The lowest BCUT2D eigenvalue weighted by atomic mass is 10.0. The standard InChI is InChI=1S/C14H19N3S/c1-2-7-17-13(15)12(11-4-3-8-18-9-11)16-14(17)10-5-6-10/h1,10-11H,3-9,15H2. The van der Waals surface area contributed by atoms with Crippen LogP contribution in [-0.4, -0.2) is 21.1 Å². The highest BCUT2D eigenvalue weighted by molar-refractivity contribution is 7.99. The summed E-state index contributed by atoms with van der Waals surface area (Å²) in [5.74, 6) is 8.22. The molecule has 2 heterocycles. The smallest absolute Gasteiger partial charge is 0.127 e. The van der Waals surface area contributed by atoms with Crippen molar-refractivity contribution in [3.8, 4) is 12.3 Å². The van der Waals surface area contributed by atoms with Crippen LogP contribution >= 0.6 is 11.8 Å². The van der Waals surface area contributed by atoms with Crippen molar-refractivity contribution in [2.45, 2.75) is 44.1 Å². The summed E-state index contributed by atoms with van der Waals surface area (Å²) >= 11 is 2.01. The zero-order chi connectivity index (χ0) is 12.5. The highest BCUT2D eigenvalue weighted by Gasteiger charge is 2.32. The SMILES string of the molecule is C#CCn1c(C2CC2)nc(C2CCCSC2)c1N. The van der Waals surface area contributed by atoms with E-state index >= 15 is 0 Å². The van der Waals surface area contributed by atoms with Gasteiger partial charge in [-0.05, 0) is 31.4 Å². The first-order chi connectivity index (χ1) is 8.81. The van der Waals surface area contributed by atoms with Crippen molar-refractivity contribution < 1.29 is 0 Å². The number of thioether (sulfide) groups is 1. The van der Waals surface area contributed by atoms with Crippen molar-refractivity contribution in [3.05, 3.63) is 11.5 Å². The van der Waals surface area contributed by atoms with Gasteiger partial charge in [0.15, 0.2) is 0 Å². The number of terminal acetylenes is 1. The molecule has 0 radical (unpaired) electrons. The van der Waals surface area contributed by atoms with Gasteiger partial charge in [0.25, 0.3) is 0 Å². The molecule has 1 aromatic rings. The van der Waals surface area contributed by atoms with Gasteiger partial charge in [-0.3, -0.25) is 0 Å². The molecule has 3 nitrogen and oxygen atoms in total. The van der Waals surface area contributed by atoms with E-state index in [2.05, 4.69) is 10.5 Å². The summed E-state index contributed by atoms with van der Waals surface area (Å²) < 4.78 is 2.06. The summed E-state index contributed by atoms with van der Waals surface area (Å²) in [4.78, 5) is 4.84. The van der Waals surface area contributed by atoms with Crippen LogP contribution < -0.4 is 5.73 Å². The topological polar surface area (TPSA) is 43.8 Å². The first kappa shape index (κ1) is 12.0. The summed E-state index contributed by atoms with van der Waals surface area (Å²) in [6.45, 7) is 0.560. The molecule has 1 aromatic heterocycles. The van der Waals surface area contributed by atoms with Gasteiger partial charge in [0.05, 0.1) is 12.2 Å². The molecule has 3 rings (SSSR count). The van der Waals surface area contributed by atoms with Gasteiger partial charge in [-0.15, -0.1) is 6.42 Å². The van der Waals surface area contributed by atoms with E-state index in [1.165, 1.54) is 31.4 Å². The van der Waals surface area contributed by atoms with Crippen LogP contribution in [-0.2, 0) is 6.54 Å². The Bertz CT molecular complexity index is 476. The summed E-state index contributed by atoms with van der Waals surface area (Å²) in [6.07, 6.45) is 10.4. The molecule has 18 heavy (non-hydrogen) atoms. The summed E-state index contributed by atoms with van der Waals surface area (Å²) in [5.41, 5.74) is 7.39. The molecule has 2 aliphatic rings. The first-order valence-corrected chi connectivity index (χ1v) is 7.83. The highest BCUT2D eigenvalue weighted by atomic mass is 32.2. The molecule has 96 valence electrons. The zero-order valence-electron chi connectivity index (χ0n) is 10.6. The van der Waals surface area contributed by atoms with Crippen molar-refractivity contribution in [2.75, 3.05) is 17.2 Å². The third kappa shape index (κ3) is 2.12. The van der Waals surface area contributed by atoms with Gasteiger partial charge < -0.3 is 10.3 Å². The molecule has 1 saturated heterocycles. The Labute approximate surface area is 113 Å². The Kier molecular flexibility index (Phi) is 3.25. The van der Waals surface area contributed by atoms with E-state index in [-0.39, 0.29) is 0 Å². The van der Waals surface area contributed by atoms with Gasteiger partial charge in [0, 0.05) is 17.6 Å². The molecular weight excluding hydrogens is 242 g/mol. The van der Waals surface area contributed by atoms with Crippen LogP contribution in [0.2, 0.25) is 0 Å². The maximum Gasteiger partial charge on any atom is 0.127 e. The maximum atomic E-state index is 6.28. The number of hydrogen-bond donors (Lipinski definition) is 1. The number of nitrogens with zero attached hydrogens (tertiary/aromatic N) is 2. The lowest BCUT2D eigenvalue weighted by Gasteiger charge is -2.20. The molecule has 1 aliphatic heterocycles. The number of hydrogen-bond acceptors (Lipinski definition) is 3. The zero-order valence-corrected chi connectivity index (χ0v) is 11.4. The summed E-state index contributed by atoms with van der Waals surface area (Å²) in [7, 11) is 0. The van der Waals surface area contributed by atoms with Crippen LogP contribution in [0.25, 0.3) is 0 Å². The molecule has 1 unspecified atom stereocenters. The van der Waals surface area contributed by atoms with Crippen molar-refractivity contribution in [2.24, 2.45) is 0 Å². The fourth-order valence-electron chi connectivity index (χ4n) is 2.67. The third-order valence-corrected chi connectivity index (χ3v) is 5.02. The number of aromatic nitrogens is 2. The van der Waals surface area contributed by atoms with E-state index in [1.54, 1.807) is 0 Å². The predicted octanol–water partition coefficient (Wildman–Crippen LogP) is 2.59. The van der Waals surface area contributed by atoms with Crippen LogP contribution in [0.5, 0.6) is 0 Å². The summed E-state index contributed by atoms with van der Waals surface area (Å²) in [5, 5.41) is 0. The fourth-order valence-corrected chi connectivity index (χ4v) is 3.82. The molecule has 2 N–H and O–H groups in total. The van der Waals surface area contributed by atoms with Crippen LogP contribution in [0.3, 0.4) is 0 Å². The van der Waals surface area contributed by atoms with E-state index < -0.39 is 0 Å². The average molecular weight is 261 g/mol. The Morgan fingerprint density at radius 3 is 2.83 bits per heavy atom. The number of nitrogens with two attached hydrogens (primary N) is 1. The first-order valence-electron chi connectivity index (χ1n) is 6.68. The molecule has 1 aliphatic carbocycles. The molecule has 0 bridgehead atoms. The molecular formula is C14H19N3S. The number of imidazole rings is 1.